The molecule has 2 unspecified atom stereocenters. The average molecular weight is 345 g/mol. The van der Waals surface area contributed by atoms with Crippen LogP contribution in [0.5, 0.6) is 0 Å². The van der Waals surface area contributed by atoms with Gasteiger partial charge >= 0.3 is 0 Å². The number of hydrogen-bond acceptors (Lipinski definition) is 5. The molecule has 6 rings (SSSR count). The van der Waals surface area contributed by atoms with Crippen LogP contribution in [0.25, 0.3) is 0 Å². The molecule has 2 bridgehead atoms. The smallest absolute Gasteiger partial charge is 0.153 e. The van der Waals surface area contributed by atoms with Gasteiger partial charge in [0.25, 0.3) is 0 Å². The molecule has 0 aromatic heterocycles. The number of hydrogen-bond donors (Lipinski definition) is 3. The lowest BCUT2D eigenvalue weighted by molar-refractivity contribution is -0.267. The van der Waals surface area contributed by atoms with E-state index in [2.05, 4.69) is 11.0 Å². The molecule has 0 radical (unpaired) electrons. The minimum absolute atomic E-state index is 0.0155. The van der Waals surface area contributed by atoms with Crippen molar-refractivity contribution in [2.45, 2.75) is 62.4 Å². The minimum atomic E-state index is -0.821. The van der Waals surface area contributed by atoms with E-state index in [1.165, 1.54) is 12.8 Å². The van der Waals surface area contributed by atoms with Crippen LogP contribution >= 0.6 is 0 Å². The Kier molecular flexibility index (Phi) is 2.78. The standard InChI is InChI=1S/C20H27NO4/c22-13-4-3-12-9-15-20(24)6-5-14(23)18-19(20,16(12)17(13)25-18)7-8-21(15)10-11-1-2-11/h3-4,11-12,14-16,18,22-24H,1-2,5-10H2/t12?,14-,15-,16?,18+,19+,20-/m1/s1. The fraction of sp³-hybridized carbons (Fsp3) is 0.800. The zero-order chi connectivity index (χ0) is 17.0. The van der Waals surface area contributed by atoms with Crippen molar-refractivity contribution >= 4 is 0 Å². The van der Waals surface area contributed by atoms with E-state index >= 15 is 0 Å². The third-order valence-corrected chi connectivity index (χ3v) is 8.25. The number of nitrogens with zero attached hydrogens (tertiary/aromatic N) is 1. The lowest BCUT2D eigenvalue weighted by Crippen LogP contribution is -2.77. The Bertz CT molecular complexity index is 685. The van der Waals surface area contributed by atoms with Crippen LogP contribution in [0.15, 0.2) is 23.7 Å². The summed E-state index contributed by atoms with van der Waals surface area (Å²) in [4.78, 5) is 2.54. The maximum absolute atomic E-state index is 12.0. The van der Waals surface area contributed by atoms with Crippen LogP contribution in [0.4, 0.5) is 0 Å². The van der Waals surface area contributed by atoms with Gasteiger partial charge in [-0.15, -0.1) is 0 Å². The molecule has 3 N–H and O–H groups in total. The molecule has 5 fully saturated rings. The molecule has 5 heteroatoms. The van der Waals surface area contributed by atoms with Gasteiger partial charge in [-0.3, -0.25) is 4.90 Å². The van der Waals surface area contributed by atoms with Gasteiger partial charge in [0.15, 0.2) is 5.76 Å². The van der Waals surface area contributed by atoms with Crippen molar-refractivity contribution in [3.8, 4) is 0 Å². The first-order valence-corrected chi connectivity index (χ1v) is 9.97. The second-order valence-electron chi connectivity index (χ2n) is 9.30. The quantitative estimate of drug-likeness (QED) is 0.711. The number of ether oxygens (including phenoxy) is 1. The van der Waals surface area contributed by atoms with Crippen molar-refractivity contribution in [3.63, 3.8) is 0 Å². The first-order valence-electron chi connectivity index (χ1n) is 9.97. The van der Waals surface area contributed by atoms with E-state index in [0.717, 1.165) is 31.8 Å². The number of likely N-dealkylation sites (tertiary alicyclic amines) is 1. The number of piperidine rings is 1. The molecule has 136 valence electrons. The van der Waals surface area contributed by atoms with E-state index < -0.39 is 17.1 Å². The zero-order valence-electron chi connectivity index (χ0n) is 14.5. The molecule has 25 heavy (non-hydrogen) atoms. The molecule has 2 saturated heterocycles. The van der Waals surface area contributed by atoms with Crippen LogP contribution in [0.3, 0.4) is 0 Å². The Balaban J connectivity index is 1.50. The Labute approximate surface area is 148 Å². The molecule has 0 aromatic carbocycles. The Hall–Kier alpha value is -1.04. The van der Waals surface area contributed by atoms with Gasteiger partial charge in [0, 0.05) is 18.5 Å². The number of aliphatic hydroxyl groups excluding tert-OH is 2. The van der Waals surface area contributed by atoms with Gasteiger partial charge in [-0.1, -0.05) is 6.08 Å². The third kappa shape index (κ3) is 1.66. The van der Waals surface area contributed by atoms with Crippen LogP contribution in [-0.2, 0) is 4.74 Å². The summed E-state index contributed by atoms with van der Waals surface area (Å²) < 4.78 is 6.19. The minimum Gasteiger partial charge on any atom is -0.504 e. The Morgan fingerprint density at radius 2 is 2.08 bits per heavy atom. The monoisotopic (exact) mass is 345 g/mol. The lowest BCUT2D eigenvalue weighted by Gasteiger charge is -2.66. The highest BCUT2D eigenvalue weighted by molar-refractivity contribution is 5.38. The molecule has 0 amide bonds. The second kappa shape index (κ2) is 4.62. The topological polar surface area (TPSA) is 73.2 Å². The summed E-state index contributed by atoms with van der Waals surface area (Å²) in [5, 5.41) is 33.1. The molecule has 6 aliphatic rings. The van der Waals surface area contributed by atoms with Gasteiger partial charge in [-0.25, -0.2) is 0 Å². The summed E-state index contributed by atoms with van der Waals surface area (Å²) >= 11 is 0. The van der Waals surface area contributed by atoms with Gasteiger partial charge in [-0.05, 0) is 63.0 Å². The van der Waals surface area contributed by atoms with Gasteiger partial charge < -0.3 is 20.1 Å². The molecule has 7 atom stereocenters. The molecule has 2 heterocycles. The Morgan fingerprint density at radius 1 is 1.24 bits per heavy atom. The van der Waals surface area contributed by atoms with Crippen LogP contribution in [-0.4, -0.2) is 57.2 Å². The molecular formula is C20H27NO4. The van der Waals surface area contributed by atoms with Crippen molar-refractivity contribution in [2.75, 3.05) is 13.1 Å². The highest BCUT2D eigenvalue weighted by Gasteiger charge is 2.76. The number of allylic oxidation sites excluding steroid dienone is 3. The predicted octanol–water partition coefficient (Wildman–Crippen LogP) is 1.72. The summed E-state index contributed by atoms with van der Waals surface area (Å²) in [5.41, 5.74) is -1.27. The van der Waals surface area contributed by atoms with Crippen molar-refractivity contribution in [3.05, 3.63) is 23.7 Å². The third-order valence-electron chi connectivity index (χ3n) is 8.25. The highest BCUT2D eigenvalue weighted by Crippen LogP contribution is 2.69. The zero-order valence-corrected chi connectivity index (χ0v) is 14.5. The fourth-order valence-corrected chi connectivity index (χ4v) is 7.06. The second-order valence-corrected chi connectivity index (χ2v) is 9.30. The van der Waals surface area contributed by atoms with E-state index in [1.807, 2.05) is 0 Å². The highest BCUT2D eigenvalue weighted by atomic mass is 16.5. The first kappa shape index (κ1) is 15.1. The summed E-state index contributed by atoms with van der Waals surface area (Å²) in [6, 6.07) is 0.144. The number of rotatable bonds is 2. The predicted molar refractivity (Wildman–Crippen MR) is 90.6 cm³/mol. The lowest BCUT2D eigenvalue weighted by atomic mass is 9.44. The van der Waals surface area contributed by atoms with Gasteiger partial charge in [0.2, 0.25) is 0 Å². The van der Waals surface area contributed by atoms with Crippen LogP contribution < -0.4 is 0 Å². The van der Waals surface area contributed by atoms with Crippen molar-refractivity contribution < 1.29 is 20.1 Å². The summed E-state index contributed by atoms with van der Waals surface area (Å²) in [7, 11) is 0. The SMILES string of the molecule is OC1=C2O[C@H]3[C@H](O)CC[C@@]4(O)[C@H]5CC(C=C1)C2[C@@]34CCN5CC1CC1. The molecule has 2 aliphatic heterocycles. The molecule has 1 spiro atoms. The average Bonchev–Trinajstić information content (AvgIpc) is 3.32. The van der Waals surface area contributed by atoms with Gasteiger partial charge in [0.1, 0.15) is 11.9 Å². The molecule has 4 aliphatic carbocycles. The van der Waals surface area contributed by atoms with Gasteiger partial charge in [-0.2, -0.15) is 0 Å². The van der Waals surface area contributed by atoms with Crippen molar-refractivity contribution in [1.82, 2.24) is 4.90 Å². The van der Waals surface area contributed by atoms with Crippen LogP contribution in [0, 0.1) is 23.2 Å². The van der Waals surface area contributed by atoms with E-state index in [9.17, 15) is 15.3 Å². The fourth-order valence-electron chi connectivity index (χ4n) is 7.06. The largest absolute Gasteiger partial charge is 0.504 e. The molecular weight excluding hydrogens is 318 g/mol. The molecule has 5 nitrogen and oxygen atoms in total. The molecule has 0 aromatic rings. The summed E-state index contributed by atoms with van der Waals surface area (Å²) in [6.07, 6.45) is 8.58. The van der Waals surface area contributed by atoms with Crippen molar-refractivity contribution in [2.24, 2.45) is 23.2 Å². The van der Waals surface area contributed by atoms with E-state index in [0.29, 0.717) is 18.6 Å². The van der Waals surface area contributed by atoms with E-state index in [-0.39, 0.29) is 29.7 Å². The van der Waals surface area contributed by atoms with Crippen LogP contribution in [0.2, 0.25) is 0 Å². The Morgan fingerprint density at radius 3 is 2.88 bits per heavy atom. The normalized spacial score (nSPS) is 53.6. The van der Waals surface area contributed by atoms with E-state index in [4.69, 9.17) is 4.74 Å². The first-order chi connectivity index (χ1) is 12.0. The maximum atomic E-state index is 12.0. The molecule has 3 saturated carbocycles. The number of aliphatic hydroxyl groups is 3. The summed E-state index contributed by atoms with van der Waals surface area (Å²) in [5.74, 6) is 1.93. The maximum Gasteiger partial charge on any atom is 0.153 e. The van der Waals surface area contributed by atoms with Crippen LogP contribution in [0.1, 0.15) is 38.5 Å². The summed E-state index contributed by atoms with van der Waals surface area (Å²) in [6.45, 7) is 2.07. The van der Waals surface area contributed by atoms with Crippen molar-refractivity contribution in [1.29, 1.82) is 0 Å². The van der Waals surface area contributed by atoms with Gasteiger partial charge in [0.05, 0.1) is 17.1 Å². The van der Waals surface area contributed by atoms with E-state index in [1.54, 1.807) is 6.08 Å².